The van der Waals surface area contributed by atoms with Gasteiger partial charge in [-0.3, -0.25) is 9.58 Å². The second-order valence-electron chi connectivity index (χ2n) is 6.33. The molecule has 0 spiro atoms. The van der Waals surface area contributed by atoms with E-state index in [1.54, 1.807) is 17.7 Å². The Labute approximate surface area is 164 Å². The van der Waals surface area contributed by atoms with Crippen LogP contribution in [0.2, 0.25) is 10.0 Å². The number of nitrogens with zero attached hydrogens (tertiary/aromatic N) is 4. The molecule has 1 aliphatic rings. The predicted octanol–water partition coefficient (Wildman–Crippen LogP) is 3.02. The first-order chi connectivity index (χ1) is 12.3. The van der Waals surface area contributed by atoms with Crippen LogP contribution in [0.4, 0.5) is 0 Å². The predicted molar refractivity (Wildman–Crippen MR) is 103 cm³/mol. The zero-order valence-corrected chi connectivity index (χ0v) is 17.1. The summed E-state index contributed by atoms with van der Waals surface area (Å²) < 4.78 is 29.1. The lowest BCUT2D eigenvalue weighted by Crippen LogP contribution is -2.48. The SMILES string of the molecule is CCn1ncc(S(=O)(=O)N2CCN(Cc3ccc(Cl)cc3Cl)CC2)c1C. The van der Waals surface area contributed by atoms with Crippen molar-refractivity contribution in [1.29, 1.82) is 0 Å². The highest BCUT2D eigenvalue weighted by molar-refractivity contribution is 7.89. The van der Waals surface area contributed by atoms with E-state index in [4.69, 9.17) is 23.2 Å². The van der Waals surface area contributed by atoms with Gasteiger partial charge in [0.1, 0.15) is 4.90 Å². The van der Waals surface area contributed by atoms with Gasteiger partial charge in [-0.25, -0.2) is 8.42 Å². The first-order valence-electron chi connectivity index (χ1n) is 8.51. The topological polar surface area (TPSA) is 58.4 Å². The molecule has 0 N–H and O–H groups in total. The van der Waals surface area contributed by atoms with E-state index in [2.05, 4.69) is 10.00 Å². The van der Waals surface area contributed by atoms with Gasteiger partial charge in [-0.1, -0.05) is 29.3 Å². The van der Waals surface area contributed by atoms with Gasteiger partial charge in [-0.05, 0) is 31.5 Å². The molecule has 0 saturated carbocycles. The van der Waals surface area contributed by atoms with Gasteiger partial charge >= 0.3 is 0 Å². The van der Waals surface area contributed by atoms with Crippen molar-refractivity contribution in [3.8, 4) is 0 Å². The van der Waals surface area contributed by atoms with E-state index < -0.39 is 10.0 Å². The minimum Gasteiger partial charge on any atom is -0.296 e. The third kappa shape index (κ3) is 3.92. The number of sulfonamides is 1. The Morgan fingerprint density at radius 3 is 2.42 bits per heavy atom. The van der Waals surface area contributed by atoms with Crippen LogP contribution >= 0.6 is 23.2 Å². The van der Waals surface area contributed by atoms with E-state index >= 15 is 0 Å². The summed E-state index contributed by atoms with van der Waals surface area (Å²) in [6, 6.07) is 5.46. The fourth-order valence-corrected chi connectivity index (χ4v) is 5.21. The molecule has 142 valence electrons. The van der Waals surface area contributed by atoms with E-state index in [-0.39, 0.29) is 0 Å². The van der Waals surface area contributed by atoms with Crippen LogP contribution in [0.5, 0.6) is 0 Å². The first-order valence-corrected chi connectivity index (χ1v) is 10.7. The van der Waals surface area contributed by atoms with Gasteiger partial charge in [-0.15, -0.1) is 0 Å². The van der Waals surface area contributed by atoms with Crippen molar-refractivity contribution in [2.24, 2.45) is 0 Å². The molecule has 0 radical (unpaired) electrons. The van der Waals surface area contributed by atoms with Crippen LogP contribution in [-0.2, 0) is 23.1 Å². The van der Waals surface area contributed by atoms with Gasteiger partial charge in [0.25, 0.3) is 0 Å². The summed E-state index contributed by atoms with van der Waals surface area (Å²) in [4.78, 5) is 2.50. The molecule has 1 aromatic carbocycles. The minimum absolute atomic E-state index is 0.300. The Bertz CT molecular complexity index is 890. The molecule has 0 amide bonds. The molecular formula is C17H22Cl2N4O2S. The Morgan fingerprint density at radius 1 is 1.15 bits per heavy atom. The Hall–Kier alpha value is -1.12. The van der Waals surface area contributed by atoms with Crippen LogP contribution in [0.25, 0.3) is 0 Å². The Kier molecular flexibility index (Phi) is 5.94. The third-order valence-corrected chi connectivity index (χ3v) is 7.30. The molecule has 1 fully saturated rings. The van der Waals surface area contributed by atoms with Gasteiger partial charge < -0.3 is 0 Å². The van der Waals surface area contributed by atoms with E-state index in [0.717, 1.165) is 5.56 Å². The van der Waals surface area contributed by atoms with Gasteiger partial charge in [-0.2, -0.15) is 9.40 Å². The largest absolute Gasteiger partial charge is 0.296 e. The smallest absolute Gasteiger partial charge is 0.246 e. The first kappa shape index (κ1) is 19.6. The lowest BCUT2D eigenvalue weighted by Gasteiger charge is -2.34. The van der Waals surface area contributed by atoms with Crippen LogP contribution in [-0.4, -0.2) is 53.6 Å². The Balaban J connectivity index is 1.66. The molecule has 1 aromatic heterocycles. The summed E-state index contributed by atoms with van der Waals surface area (Å²) in [7, 11) is -3.51. The number of piperazine rings is 1. The molecule has 0 aliphatic carbocycles. The normalized spacial score (nSPS) is 16.9. The van der Waals surface area contributed by atoms with Crippen molar-refractivity contribution in [2.75, 3.05) is 26.2 Å². The standard InChI is InChI=1S/C17H22Cl2N4O2S/c1-3-23-13(2)17(11-20-23)26(24,25)22-8-6-21(7-9-22)12-14-4-5-15(18)10-16(14)19/h4-5,10-11H,3,6-9,12H2,1-2H3. The van der Waals surface area contributed by atoms with Crippen molar-refractivity contribution >= 4 is 33.2 Å². The molecule has 3 rings (SSSR count). The maximum Gasteiger partial charge on any atom is 0.246 e. The fraction of sp³-hybridized carbons (Fsp3) is 0.471. The van der Waals surface area contributed by atoms with Crippen molar-refractivity contribution in [1.82, 2.24) is 19.0 Å². The third-order valence-electron chi connectivity index (χ3n) is 4.72. The summed E-state index contributed by atoms with van der Waals surface area (Å²) in [5, 5.41) is 5.40. The van der Waals surface area contributed by atoms with E-state index in [9.17, 15) is 8.42 Å². The number of halogens is 2. The van der Waals surface area contributed by atoms with Crippen LogP contribution < -0.4 is 0 Å². The molecule has 1 aliphatic heterocycles. The Morgan fingerprint density at radius 2 is 1.85 bits per heavy atom. The van der Waals surface area contributed by atoms with Crippen molar-refractivity contribution < 1.29 is 8.42 Å². The average molecular weight is 417 g/mol. The van der Waals surface area contributed by atoms with Gasteiger partial charge in [0.15, 0.2) is 0 Å². The zero-order valence-electron chi connectivity index (χ0n) is 14.8. The van der Waals surface area contributed by atoms with E-state index in [0.29, 0.717) is 59.9 Å². The van der Waals surface area contributed by atoms with Crippen LogP contribution in [0.1, 0.15) is 18.2 Å². The monoisotopic (exact) mass is 416 g/mol. The molecule has 0 unspecified atom stereocenters. The summed E-state index contributed by atoms with van der Waals surface area (Å²) in [5.74, 6) is 0. The van der Waals surface area contributed by atoms with Crippen LogP contribution in [0.3, 0.4) is 0 Å². The van der Waals surface area contributed by atoms with E-state index in [1.165, 1.54) is 10.5 Å². The molecule has 6 nitrogen and oxygen atoms in total. The summed E-state index contributed by atoms with van der Waals surface area (Å²) >= 11 is 12.2. The molecule has 0 bridgehead atoms. The highest BCUT2D eigenvalue weighted by Crippen LogP contribution is 2.24. The highest BCUT2D eigenvalue weighted by atomic mass is 35.5. The van der Waals surface area contributed by atoms with Crippen molar-refractivity contribution in [3.05, 3.63) is 45.7 Å². The number of aryl methyl sites for hydroxylation is 1. The number of hydrogen-bond acceptors (Lipinski definition) is 4. The summed E-state index contributed by atoms with van der Waals surface area (Å²) in [5.41, 5.74) is 1.68. The van der Waals surface area contributed by atoms with Gasteiger partial charge in [0.2, 0.25) is 10.0 Å². The van der Waals surface area contributed by atoms with Crippen molar-refractivity contribution in [3.63, 3.8) is 0 Å². The zero-order chi connectivity index (χ0) is 18.9. The molecule has 2 aromatic rings. The maximum absolute atomic E-state index is 12.9. The number of hydrogen-bond donors (Lipinski definition) is 0. The molecule has 0 atom stereocenters. The molecule has 9 heteroatoms. The van der Waals surface area contributed by atoms with Crippen LogP contribution in [0, 0.1) is 6.92 Å². The maximum atomic E-state index is 12.9. The number of rotatable bonds is 5. The van der Waals surface area contributed by atoms with Gasteiger partial charge in [0.05, 0.1) is 11.9 Å². The second kappa shape index (κ2) is 7.86. The molecule has 26 heavy (non-hydrogen) atoms. The highest BCUT2D eigenvalue weighted by Gasteiger charge is 2.31. The molecule has 2 heterocycles. The minimum atomic E-state index is -3.51. The van der Waals surface area contributed by atoms with E-state index in [1.807, 2.05) is 19.1 Å². The quantitative estimate of drug-likeness (QED) is 0.751. The summed E-state index contributed by atoms with van der Waals surface area (Å²) in [6.45, 7) is 7.26. The molecule has 1 saturated heterocycles. The second-order valence-corrected chi connectivity index (χ2v) is 9.08. The molecular weight excluding hydrogens is 395 g/mol. The van der Waals surface area contributed by atoms with Crippen molar-refractivity contribution in [2.45, 2.75) is 31.8 Å². The fourth-order valence-electron chi connectivity index (χ4n) is 3.16. The number of aromatic nitrogens is 2. The van der Waals surface area contributed by atoms with Gasteiger partial charge in [0, 0.05) is 49.3 Å². The lowest BCUT2D eigenvalue weighted by molar-refractivity contribution is 0.181. The summed E-state index contributed by atoms with van der Waals surface area (Å²) in [6.07, 6.45) is 1.45. The lowest BCUT2D eigenvalue weighted by atomic mass is 10.2. The van der Waals surface area contributed by atoms with Crippen LogP contribution in [0.15, 0.2) is 29.3 Å². The number of benzene rings is 1. The average Bonchev–Trinajstić information content (AvgIpc) is 2.99.